The van der Waals surface area contributed by atoms with Gasteiger partial charge in [-0.05, 0) is 12.8 Å². The number of carboxylic acid groups (broad SMARTS) is 2. The fraction of sp³-hybridized carbons (Fsp3) is 0.571. The highest BCUT2D eigenvalue weighted by atomic mass is 16.4. The largest absolute Gasteiger partial charge is 0.481 e. The third-order valence-electron chi connectivity index (χ3n) is 2.14. The molecule has 0 aliphatic heterocycles. The van der Waals surface area contributed by atoms with Gasteiger partial charge in [-0.25, -0.2) is 4.79 Å². The normalized spacial score (nSPS) is 27.3. The average molecular weight is 172 g/mol. The summed E-state index contributed by atoms with van der Waals surface area (Å²) in [5.74, 6) is -5.19. The Morgan fingerprint density at radius 3 is 1.75 bits per heavy atom. The smallest absolute Gasteiger partial charge is 0.372 e. The van der Waals surface area contributed by atoms with Crippen molar-refractivity contribution in [3.05, 3.63) is 0 Å². The van der Waals surface area contributed by atoms with Gasteiger partial charge in [0.05, 0.1) is 5.92 Å². The summed E-state index contributed by atoms with van der Waals surface area (Å²) in [6, 6.07) is 0. The van der Waals surface area contributed by atoms with Crippen molar-refractivity contribution in [2.24, 2.45) is 11.8 Å². The third-order valence-corrected chi connectivity index (χ3v) is 2.14. The highest BCUT2D eigenvalue weighted by molar-refractivity contribution is 6.34. The van der Waals surface area contributed by atoms with Gasteiger partial charge in [0.2, 0.25) is 5.78 Å². The van der Waals surface area contributed by atoms with E-state index < -0.39 is 29.6 Å². The van der Waals surface area contributed by atoms with E-state index in [4.69, 9.17) is 10.2 Å². The van der Waals surface area contributed by atoms with Gasteiger partial charge >= 0.3 is 11.9 Å². The van der Waals surface area contributed by atoms with Crippen molar-refractivity contribution in [1.29, 1.82) is 0 Å². The van der Waals surface area contributed by atoms with Crippen molar-refractivity contribution in [3.63, 3.8) is 0 Å². The van der Waals surface area contributed by atoms with Gasteiger partial charge in [-0.3, -0.25) is 9.59 Å². The molecule has 0 radical (unpaired) electrons. The molecule has 2 atom stereocenters. The van der Waals surface area contributed by atoms with E-state index >= 15 is 0 Å². The summed E-state index contributed by atoms with van der Waals surface area (Å²) in [6.07, 6.45) is 0.779. The Bertz CT molecular complexity index is 244. The fourth-order valence-electron chi connectivity index (χ4n) is 1.27. The lowest BCUT2D eigenvalue weighted by atomic mass is 9.71. The molecule has 12 heavy (non-hydrogen) atoms. The molecule has 1 saturated carbocycles. The molecule has 0 bridgehead atoms. The van der Waals surface area contributed by atoms with Crippen LogP contribution in [0.2, 0.25) is 0 Å². The van der Waals surface area contributed by atoms with Crippen LogP contribution >= 0.6 is 0 Å². The van der Waals surface area contributed by atoms with Gasteiger partial charge in [0.25, 0.3) is 0 Å². The summed E-state index contributed by atoms with van der Waals surface area (Å²) in [5, 5.41) is 16.8. The highest BCUT2D eigenvalue weighted by Crippen LogP contribution is 2.34. The number of aliphatic carboxylic acids is 2. The Labute approximate surface area is 68.0 Å². The van der Waals surface area contributed by atoms with E-state index in [2.05, 4.69) is 0 Å². The molecular weight excluding hydrogens is 164 g/mol. The third kappa shape index (κ3) is 1.30. The molecule has 2 unspecified atom stereocenters. The van der Waals surface area contributed by atoms with E-state index in [1.165, 1.54) is 0 Å². The molecule has 1 fully saturated rings. The van der Waals surface area contributed by atoms with Gasteiger partial charge < -0.3 is 10.2 Å². The molecule has 2 N–H and O–H groups in total. The van der Waals surface area contributed by atoms with Gasteiger partial charge in [-0.15, -0.1) is 0 Å². The lowest BCUT2D eigenvalue weighted by molar-refractivity contribution is -0.159. The molecule has 5 heteroatoms. The summed E-state index contributed by atoms with van der Waals surface area (Å²) in [4.78, 5) is 31.3. The zero-order valence-corrected chi connectivity index (χ0v) is 6.19. The number of Topliss-reactive ketones (excluding diaryl/α,β-unsaturated/α-hetero) is 1. The molecule has 0 aromatic rings. The van der Waals surface area contributed by atoms with E-state index in [1.807, 2.05) is 0 Å². The first-order chi connectivity index (χ1) is 5.54. The van der Waals surface area contributed by atoms with Crippen LogP contribution in [0.25, 0.3) is 0 Å². The molecule has 0 aromatic heterocycles. The van der Waals surface area contributed by atoms with Gasteiger partial charge in [-0.2, -0.15) is 0 Å². The zero-order chi connectivity index (χ0) is 9.30. The van der Waals surface area contributed by atoms with Gasteiger partial charge in [0.15, 0.2) is 0 Å². The number of carbonyl (C=O) groups is 3. The molecule has 1 rings (SSSR count). The van der Waals surface area contributed by atoms with E-state index in [1.54, 1.807) is 0 Å². The van der Waals surface area contributed by atoms with Crippen LogP contribution in [-0.2, 0) is 14.4 Å². The Morgan fingerprint density at radius 1 is 1.00 bits per heavy atom. The maximum Gasteiger partial charge on any atom is 0.372 e. The van der Waals surface area contributed by atoms with Crippen molar-refractivity contribution < 1.29 is 24.6 Å². The molecule has 0 saturated heterocycles. The molecule has 0 heterocycles. The molecule has 0 spiro atoms. The number of carbonyl (C=O) groups excluding carboxylic acids is 1. The van der Waals surface area contributed by atoms with Crippen LogP contribution in [0, 0.1) is 11.8 Å². The number of carboxylic acids is 2. The lowest BCUT2D eigenvalue weighted by Crippen LogP contribution is -2.41. The second kappa shape index (κ2) is 2.92. The van der Waals surface area contributed by atoms with Crippen molar-refractivity contribution in [2.45, 2.75) is 12.8 Å². The zero-order valence-electron chi connectivity index (χ0n) is 6.19. The Balaban J connectivity index is 2.60. The maximum absolute atomic E-state index is 10.8. The predicted octanol–water partition coefficient (Wildman–Crippen LogP) is -0.249. The standard InChI is InChI=1S/C7H8O5/c8-5(7(11)12)3-1-2-4(3)6(9)10/h3-4H,1-2H2,(H,9,10)(H,11,12). The van der Waals surface area contributed by atoms with Crippen LogP contribution in [0.1, 0.15) is 12.8 Å². The van der Waals surface area contributed by atoms with E-state index in [-0.39, 0.29) is 0 Å². The minimum absolute atomic E-state index is 0.377. The monoisotopic (exact) mass is 172 g/mol. The molecule has 0 aromatic carbocycles. The van der Waals surface area contributed by atoms with Crippen molar-refractivity contribution in [1.82, 2.24) is 0 Å². The molecule has 5 nitrogen and oxygen atoms in total. The van der Waals surface area contributed by atoms with Crippen LogP contribution in [0.5, 0.6) is 0 Å². The minimum Gasteiger partial charge on any atom is -0.481 e. The lowest BCUT2D eigenvalue weighted by Gasteiger charge is -2.30. The summed E-state index contributed by atoms with van der Waals surface area (Å²) in [6.45, 7) is 0. The molecule has 0 amide bonds. The van der Waals surface area contributed by atoms with Crippen LogP contribution in [-0.4, -0.2) is 27.9 Å². The van der Waals surface area contributed by atoms with Crippen LogP contribution in [0.3, 0.4) is 0 Å². The van der Waals surface area contributed by atoms with Crippen LogP contribution < -0.4 is 0 Å². The molecule has 66 valence electrons. The van der Waals surface area contributed by atoms with Gasteiger partial charge in [0, 0.05) is 5.92 Å². The van der Waals surface area contributed by atoms with Crippen LogP contribution in [0.15, 0.2) is 0 Å². The second-order valence-corrected chi connectivity index (χ2v) is 2.80. The number of hydrogen-bond acceptors (Lipinski definition) is 3. The van der Waals surface area contributed by atoms with Crippen molar-refractivity contribution in [3.8, 4) is 0 Å². The quantitative estimate of drug-likeness (QED) is 0.573. The average Bonchev–Trinajstić information content (AvgIpc) is 1.82. The van der Waals surface area contributed by atoms with E-state index in [0.29, 0.717) is 12.8 Å². The summed E-state index contributed by atoms with van der Waals surface area (Å²) in [7, 11) is 0. The summed E-state index contributed by atoms with van der Waals surface area (Å²) < 4.78 is 0. The van der Waals surface area contributed by atoms with E-state index in [9.17, 15) is 14.4 Å². The molecule has 1 aliphatic rings. The summed E-state index contributed by atoms with van der Waals surface area (Å²) >= 11 is 0. The second-order valence-electron chi connectivity index (χ2n) is 2.80. The number of rotatable bonds is 3. The first kappa shape index (κ1) is 8.70. The SMILES string of the molecule is O=C(O)C(=O)C1CCC1C(=O)O. The Hall–Kier alpha value is -1.39. The Morgan fingerprint density at radius 2 is 1.50 bits per heavy atom. The highest BCUT2D eigenvalue weighted by Gasteiger charge is 2.43. The Kier molecular flexibility index (Phi) is 2.12. The maximum atomic E-state index is 10.8. The van der Waals surface area contributed by atoms with E-state index in [0.717, 1.165) is 0 Å². The van der Waals surface area contributed by atoms with Gasteiger partial charge in [-0.1, -0.05) is 0 Å². The fourth-order valence-corrected chi connectivity index (χ4v) is 1.27. The van der Waals surface area contributed by atoms with Gasteiger partial charge in [0.1, 0.15) is 0 Å². The first-order valence-electron chi connectivity index (χ1n) is 3.54. The molecule has 1 aliphatic carbocycles. The minimum atomic E-state index is -1.54. The van der Waals surface area contributed by atoms with Crippen molar-refractivity contribution >= 4 is 17.7 Å². The number of ketones is 1. The predicted molar refractivity (Wildman–Crippen MR) is 36.5 cm³/mol. The topological polar surface area (TPSA) is 91.7 Å². The van der Waals surface area contributed by atoms with Crippen LogP contribution in [0.4, 0.5) is 0 Å². The first-order valence-corrected chi connectivity index (χ1v) is 3.54. The van der Waals surface area contributed by atoms with Crippen molar-refractivity contribution in [2.75, 3.05) is 0 Å². The summed E-state index contributed by atoms with van der Waals surface area (Å²) in [5.41, 5.74) is 0. The molecular formula is C7H8O5. The number of hydrogen-bond donors (Lipinski definition) is 2.